The molecule has 1 aromatic heterocycles. The molecule has 1 fully saturated rings. The standard InChI is InChI=1S/C16H16ClNOS2/c17-13-4-1-3-12(11-13)16(19)18-7-6-15(21-10-8-18)14-5-2-9-20-14/h1-5,9,11,15H,6-8,10H2. The van der Waals surface area contributed by atoms with Gasteiger partial charge in [0, 0.05) is 39.6 Å². The van der Waals surface area contributed by atoms with E-state index in [4.69, 9.17) is 11.6 Å². The summed E-state index contributed by atoms with van der Waals surface area (Å²) in [6.45, 7) is 1.61. The normalized spacial score (nSPS) is 19.3. The molecule has 2 aromatic rings. The van der Waals surface area contributed by atoms with Gasteiger partial charge in [0.2, 0.25) is 0 Å². The molecule has 1 atom stereocenters. The molecular formula is C16H16ClNOS2. The molecule has 0 bridgehead atoms. The van der Waals surface area contributed by atoms with Crippen LogP contribution in [0.3, 0.4) is 0 Å². The number of hydrogen-bond acceptors (Lipinski definition) is 3. The maximum absolute atomic E-state index is 12.6. The number of nitrogens with zero attached hydrogens (tertiary/aromatic N) is 1. The molecule has 5 heteroatoms. The van der Waals surface area contributed by atoms with E-state index in [1.165, 1.54) is 4.88 Å². The number of carbonyl (C=O) groups excluding carboxylic acids is 1. The van der Waals surface area contributed by atoms with Crippen molar-refractivity contribution in [2.45, 2.75) is 11.7 Å². The van der Waals surface area contributed by atoms with Gasteiger partial charge in [-0.3, -0.25) is 4.79 Å². The van der Waals surface area contributed by atoms with Crippen LogP contribution in [-0.4, -0.2) is 29.6 Å². The van der Waals surface area contributed by atoms with Crippen molar-refractivity contribution in [2.24, 2.45) is 0 Å². The van der Waals surface area contributed by atoms with Crippen molar-refractivity contribution >= 4 is 40.6 Å². The van der Waals surface area contributed by atoms with Crippen LogP contribution in [0.2, 0.25) is 5.02 Å². The highest BCUT2D eigenvalue weighted by Crippen LogP contribution is 2.36. The number of thiophene rings is 1. The molecule has 1 unspecified atom stereocenters. The van der Waals surface area contributed by atoms with Crippen LogP contribution >= 0.6 is 34.7 Å². The average Bonchev–Trinajstić information content (AvgIpc) is 2.91. The molecule has 1 aromatic carbocycles. The second-order valence-electron chi connectivity index (χ2n) is 4.97. The van der Waals surface area contributed by atoms with Gasteiger partial charge in [0.1, 0.15) is 0 Å². The van der Waals surface area contributed by atoms with Gasteiger partial charge in [-0.1, -0.05) is 23.7 Å². The Balaban J connectivity index is 1.69. The largest absolute Gasteiger partial charge is 0.338 e. The van der Waals surface area contributed by atoms with Gasteiger partial charge < -0.3 is 4.90 Å². The molecule has 0 spiro atoms. The van der Waals surface area contributed by atoms with E-state index < -0.39 is 0 Å². The van der Waals surface area contributed by atoms with Crippen molar-refractivity contribution in [2.75, 3.05) is 18.8 Å². The van der Waals surface area contributed by atoms with E-state index >= 15 is 0 Å². The van der Waals surface area contributed by atoms with Gasteiger partial charge in [-0.15, -0.1) is 11.3 Å². The van der Waals surface area contributed by atoms with Crippen molar-refractivity contribution in [1.82, 2.24) is 4.90 Å². The SMILES string of the molecule is O=C(c1cccc(Cl)c1)N1CCSC(c2cccs2)CC1. The van der Waals surface area contributed by atoms with Gasteiger partial charge in [-0.05, 0) is 36.1 Å². The van der Waals surface area contributed by atoms with Crippen LogP contribution in [0, 0.1) is 0 Å². The van der Waals surface area contributed by atoms with E-state index in [-0.39, 0.29) is 5.91 Å². The molecule has 1 aliphatic heterocycles. The Bertz CT molecular complexity index is 614. The first-order valence-corrected chi connectivity index (χ1v) is 9.24. The van der Waals surface area contributed by atoms with E-state index in [2.05, 4.69) is 17.5 Å². The minimum Gasteiger partial charge on any atom is -0.338 e. The number of rotatable bonds is 2. The van der Waals surface area contributed by atoms with Crippen LogP contribution in [0.15, 0.2) is 41.8 Å². The molecule has 110 valence electrons. The van der Waals surface area contributed by atoms with Crippen molar-refractivity contribution in [3.05, 3.63) is 57.2 Å². The Morgan fingerprint density at radius 1 is 1.24 bits per heavy atom. The van der Waals surface area contributed by atoms with Crippen molar-refractivity contribution in [1.29, 1.82) is 0 Å². The molecule has 2 heterocycles. The monoisotopic (exact) mass is 337 g/mol. The fourth-order valence-corrected chi connectivity index (χ4v) is 4.91. The fraction of sp³-hybridized carbons (Fsp3) is 0.312. The third-order valence-corrected chi connectivity index (χ3v) is 6.24. The number of halogens is 1. The molecule has 1 aliphatic rings. The third kappa shape index (κ3) is 3.62. The van der Waals surface area contributed by atoms with E-state index in [1.54, 1.807) is 23.5 Å². The second kappa shape index (κ2) is 6.86. The molecule has 1 saturated heterocycles. The minimum atomic E-state index is 0.0879. The summed E-state index contributed by atoms with van der Waals surface area (Å²) in [7, 11) is 0. The predicted octanol–water partition coefficient (Wildman–Crippen LogP) is 4.72. The van der Waals surface area contributed by atoms with Crippen LogP contribution in [-0.2, 0) is 0 Å². The lowest BCUT2D eigenvalue weighted by Gasteiger charge is -2.20. The molecular weight excluding hydrogens is 322 g/mol. The molecule has 0 radical (unpaired) electrons. The van der Waals surface area contributed by atoms with Crippen molar-refractivity contribution < 1.29 is 4.79 Å². The van der Waals surface area contributed by atoms with Gasteiger partial charge in [0.05, 0.1) is 0 Å². The maximum Gasteiger partial charge on any atom is 0.253 e. The summed E-state index contributed by atoms with van der Waals surface area (Å²) in [5.74, 6) is 1.07. The third-order valence-electron chi connectivity index (χ3n) is 3.56. The number of benzene rings is 1. The minimum absolute atomic E-state index is 0.0879. The molecule has 21 heavy (non-hydrogen) atoms. The highest BCUT2D eigenvalue weighted by molar-refractivity contribution is 7.99. The molecule has 1 amide bonds. The molecule has 0 aliphatic carbocycles. The van der Waals surface area contributed by atoms with Gasteiger partial charge in [0.15, 0.2) is 0 Å². The van der Waals surface area contributed by atoms with E-state index in [0.717, 1.165) is 25.3 Å². The molecule has 0 saturated carbocycles. The second-order valence-corrected chi connectivity index (χ2v) is 7.69. The first-order valence-electron chi connectivity index (χ1n) is 6.94. The van der Waals surface area contributed by atoms with E-state index in [1.807, 2.05) is 28.8 Å². The zero-order chi connectivity index (χ0) is 14.7. The first-order chi connectivity index (χ1) is 10.2. The lowest BCUT2D eigenvalue weighted by atomic mass is 10.2. The lowest BCUT2D eigenvalue weighted by Crippen LogP contribution is -2.32. The number of thioether (sulfide) groups is 1. The van der Waals surface area contributed by atoms with Gasteiger partial charge in [-0.2, -0.15) is 11.8 Å². The Hall–Kier alpha value is -0.970. The maximum atomic E-state index is 12.6. The van der Waals surface area contributed by atoms with Gasteiger partial charge in [0.25, 0.3) is 5.91 Å². The lowest BCUT2D eigenvalue weighted by molar-refractivity contribution is 0.0766. The summed E-state index contributed by atoms with van der Waals surface area (Å²) < 4.78 is 0. The first kappa shape index (κ1) is 14.9. The molecule has 2 nitrogen and oxygen atoms in total. The quantitative estimate of drug-likeness (QED) is 0.790. The van der Waals surface area contributed by atoms with E-state index in [0.29, 0.717) is 15.8 Å². The van der Waals surface area contributed by atoms with Crippen LogP contribution in [0.5, 0.6) is 0 Å². The Labute approximate surface area is 138 Å². The molecule has 0 N–H and O–H groups in total. The van der Waals surface area contributed by atoms with Crippen LogP contribution in [0.1, 0.15) is 26.9 Å². The highest BCUT2D eigenvalue weighted by atomic mass is 35.5. The zero-order valence-electron chi connectivity index (χ0n) is 11.5. The summed E-state index contributed by atoms with van der Waals surface area (Å²) in [6.07, 6.45) is 1.01. The summed E-state index contributed by atoms with van der Waals surface area (Å²) in [5, 5.41) is 3.25. The van der Waals surface area contributed by atoms with Crippen molar-refractivity contribution in [3.63, 3.8) is 0 Å². The average molecular weight is 338 g/mol. The number of hydrogen-bond donors (Lipinski definition) is 0. The Kier molecular flexibility index (Phi) is 4.88. The summed E-state index contributed by atoms with van der Waals surface area (Å²) in [6, 6.07) is 11.5. The smallest absolute Gasteiger partial charge is 0.253 e. The predicted molar refractivity (Wildman–Crippen MR) is 91.5 cm³/mol. The van der Waals surface area contributed by atoms with Crippen LogP contribution < -0.4 is 0 Å². The van der Waals surface area contributed by atoms with Crippen LogP contribution in [0.4, 0.5) is 0 Å². The van der Waals surface area contributed by atoms with E-state index in [9.17, 15) is 4.79 Å². The fourth-order valence-electron chi connectivity index (χ4n) is 2.48. The topological polar surface area (TPSA) is 20.3 Å². The molecule has 3 rings (SSSR count). The van der Waals surface area contributed by atoms with Gasteiger partial charge >= 0.3 is 0 Å². The number of amides is 1. The highest BCUT2D eigenvalue weighted by Gasteiger charge is 2.23. The summed E-state index contributed by atoms with van der Waals surface area (Å²) >= 11 is 9.73. The van der Waals surface area contributed by atoms with Crippen LogP contribution in [0.25, 0.3) is 0 Å². The summed E-state index contributed by atoms with van der Waals surface area (Å²) in [4.78, 5) is 15.9. The number of carbonyl (C=O) groups is 1. The zero-order valence-corrected chi connectivity index (χ0v) is 13.9. The Morgan fingerprint density at radius 2 is 2.14 bits per heavy atom. The summed E-state index contributed by atoms with van der Waals surface area (Å²) in [5.41, 5.74) is 0.682. The Morgan fingerprint density at radius 3 is 2.90 bits per heavy atom. The van der Waals surface area contributed by atoms with Crippen molar-refractivity contribution in [3.8, 4) is 0 Å². The van der Waals surface area contributed by atoms with Gasteiger partial charge in [-0.25, -0.2) is 0 Å².